The van der Waals surface area contributed by atoms with Gasteiger partial charge >= 0.3 is 39.5 Å². The number of carbonyl (C=O) groups excluding carboxylic acids is 4. The molecule has 0 aromatic rings. The average Bonchev–Trinajstić information content (AvgIpc) is 3.59. The van der Waals surface area contributed by atoms with E-state index in [9.17, 15) is 43.2 Å². The Labute approximate surface area is 517 Å². The molecule has 85 heavy (non-hydrogen) atoms. The fourth-order valence-corrected chi connectivity index (χ4v) is 11.4. The van der Waals surface area contributed by atoms with E-state index in [-0.39, 0.29) is 25.7 Å². The molecule has 17 nitrogen and oxygen atoms in total. The Morgan fingerprint density at radius 3 is 0.894 bits per heavy atom. The van der Waals surface area contributed by atoms with Crippen molar-refractivity contribution < 1.29 is 80.2 Å². The summed E-state index contributed by atoms with van der Waals surface area (Å²) in [6, 6.07) is 0. The van der Waals surface area contributed by atoms with Crippen LogP contribution in [0.1, 0.15) is 330 Å². The minimum atomic E-state index is -4.95. The minimum absolute atomic E-state index is 0.103. The summed E-state index contributed by atoms with van der Waals surface area (Å²) >= 11 is 0. The summed E-state index contributed by atoms with van der Waals surface area (Å²) in [6.07, 6.45) is 41.6. The van der Waals surface area contributed by atoms with Gasteiger partial charge in [-0.2, -0.15) is 0 Å². The monoisotopic (exact) mass is 1250 g/mol. The summed E-state index contributed by atoms with van der Waals surface area (Å²) < 4.78 is 68.1. The van der Waals surface area contributed by atoms with Crippen molar-refractivity contribution >= 4 is 39.5 Å². The summed E-state index contributed by atoms with van der Waals surface area (Å²) in [5.41, 5.74) is 0. The Morgan fingerprint density at radius 2 is 0.600 bits per heavy atom. The van der Waals surface area contributed by atoms with Gasteiger partial charge in [-0.15, -0.1) is 0 Å². The quantitative estimate of drug-likeness (QED) is 0.0222. The summed E-state index contributed by atoms with van der Waals surface area (Å²) in [6.45, 7) is 9.45. The van der Waals surface area contributed by atoms with Crippen LogP contribution < -0.4 is 0 Å². The third-order valence-electron chi connectivity index (χ3n) is 15.6. The summed E-state index contributed by atoms with van der Waals surface area (Å²) in [5.74, 6) is -0.647. The Bertz CT molecular complexity index is 1670. The molecule has 0 aliphatic carbocycles. The highest BCUT2D eigenvalue weighted by molar-refractivity contribution is 7.47. The van der Waals surface area contributed by atoms with E-state index in [1.165, 1.54) is 148 Å². The van der Waals surface area contributed by atoms with E-state index in [0.717, 1.165) is 102 Å². The van der Waals surface area contributed by atoms with Gasteiger partial charge in [0, 0.05) is 25.7 Å². The summed E-state index contributed by atoms with van der Waals surface area (Å²) in [5, 5.41) is 10.5. The van der Waals surface area contributed by atoms with Crippen molar-refractivity contribution in [3.8, 4) is 0 Å². The van der Waals surface area contributed by atoms with Crippen molar-refractivity contribution in [3.63, 3.8) is 0 Å². The maximum Gasteiger partial charge on any atom is 0.472 e. The second-order valence-corrected chi connectivity index (χ2v) is 27.5. The third kappa shape index (κ3) is 59.5. The second-order valence-electron chi connectivity index (χ2n) is 24.6. The van der Waals surface area contributed by atoms with Gasteiger partial charge in [0.15, 0.2) is 12.2 Å². The van der Waals surface area contributed by atoms with Crippen LogP contribution in [0.25, 0.3) is 0 Å². The first-order valence-electron chi connectivity index (χ1n) is 34.5. The Hall–Kier alpha value is -1.94. The van der Waals surface area contributed by atoms with Crippen molar-refractivity contribution in [1.82, 2.24) is 0 Å². The second kappa shape index (κ2) is 58.4. The van der Waals surface area contributed by atoms with Gasteiger partial charge in [0.25, 0.3) is 0 Å². The summed E-state index contributed by atoms with van der Waals surface area (Å²) in [7, 11) is -9.89. The molecular formula is C66H128O17P2. The summed E-state index contributed by atoms with van der Waals surface area (Å²) in [4.78, 5) is 72.3. The highest BCUT2D eigenvalue weighted by Crippen LogP contribution is 2.45. The van der Waals surface area contributed by atoms with E-state index in [0.29, 0.717) is 25.7 Å². The molecule has 19 heteroatoms. The predicted molar refractivity (Wildman–Crippen MR) is 340 cm³/mol. The SMILES string of the molecule is CCCCCCCCCCCCCCC(=O)OC[C@H](COP(=O)(O)OC[C@@H](O)COP(=O)(O)OC[C@@H](COC(=O)CCCCCCCCCCC)OC(=O)CCCCCCCCC(C)CC)OC(=O)CCCCCCCCCCCCCC(C)C. The molecule has 0 heterocycles. The van der Waals surface area contributed by atoms with Gasteiger partial charge in [-0.3, -0.25) is 37.3 Å². The van der Waals surface area contributed by atoms with Crippen LogP contribution >= 0.6 is 15.6 Å². The Kier molecular flexibility index (Phi) is 57.1. The molecule has 0 saturated heterocycles. The van der Waals surface area contributed by atoms with E-state index >= 15 is 0 Å². The molecule has 0 aliphatic heterocycles. The lowest BCUT2D eigenvalue weighted by Crippen LogP contribution is -2.30. The van der Waals surface area contributed by atoms with E-state index in [1.54, 1.807) is 0 Å². The fourth-order valence-electron chi connectivity index (χ4n) is 9.85. The number of ether oxygens (including phenoxy) is 4. The first-order valence-corrected chi connectivity index (χ1v) is 37.5. The van der Waals surface area contributed by atoms with Crippen molar-refractivity contribution in [1.29, 1.82) is 0 Å². The third-order valence-corrected chi connectivity index (χ3v) is 17.5. The topological polar surface area (TPSA) is 237 Å². The molecule has 6 atom stereocenters. The maximum absolute atomic E-state index is 13.0. The molecule has 0 fully saturated rings. The molecule has 504 valence electrons. The fraction of sp³-hybridized carbons (Fsp3) is 0.939. The number of rotatable bonds is 65. The highest BCUT2D eigenvalue weighted by Gasteiger charge is 2.30. The number of hydrogen-bond acceptors (Lipinski definition) is 15. The lowest BCUT2D eigenvalue weighted by molar-refractivity contribution is -0.161. The minimum Gasteiger partial charge on any atom is -0.462 e. The van der Waals surface area contributed by atoms with Crippen LogP contribution in [-0.2, 0) is 65.4 Å². The number of phosphoric acid groups is 2. The molecule has 0 radical (unpaired) electrons. The molecule has 0 aliphatic rings. The molecule has 0 saturated carbocycles. The van der Waals surface area contributed by atoms with Gasteiger partial charge < -0.3 is 33.8 Å². The molecule has 0 amide bonds. The van der Waals surface area contributed by atoms with Crippen molar-refractivity contribution in [3.05, 3.63) is 0 Å². The van der Waals surface area contributed by atoms with Crippen molar-refractivity contribution in [2.45, 2.75) is 349 Å². The molecule has 0 bridgehead atoms. The van der Waals surface area contributed by atoms with E-state index in [1.807, 2.05) is 0 Å². The van der Waals surface area contributed by atoms with E-state index < -0.39 is 97.5 Å². The molecule has 0 aromatic carbocycles. The first kappa shape index (κ1) is 83.1. The number of aliphatic hydroxyl groups is 1. The smallest absolute Gasteiger partial charge is 0.462 e. The standard InChI is InChI=1S/C66H128O17P2/c1-7-10-12-14-16-18-19-22-26-30-37-43-49-64(69)77-54-61(82-65(70)50-44-38-31-27-23-20-21-25-28-34-40-46-58(4)5)56-80-84(72,73)78-52-60(67)53-79-85(74,75)81-57-62(55-76-63(68)48-42-36-29-24-17-15-13-11-8-2)83-66(71)51-45-39-33-32-35-41-47-59(6)9-3/h58-62,67H,7-57H2,1-6H3,(H,72,73)(H,74,75)/t59?,60-,61-,62-/m1/s1. The molecular weight excluding hydrogens is 1130 g/mol. The van der Waals surface area contributed by atoms with Crippen molar-refractivity contribution in [2.75, 3.05) is 39.6 Å². The van der Waals surface area contributed by atoms with Crippen LogP contribution in [0.2, 0.25) is 0 Å². The number of aliphatic hydroxyl groups excluding tert-OH is 1. The Balaban J connectivity index is 5.24. The molecule has 3 unspecified atom stereocenters. The van der Waals surface area contributed by atoms with Gasteiger partial charge in [0.1, 0.15) is 19.3 Å². The van der Waals surface area contributed by atoms with Crippen LogP contribution in [-0.4, -0.2) is 96.7 Å². The van der Waals surface area contributed by atoms with Crippen LogP contribution in [0, 0.1) is 11.8 Å². The number of esters is 4. The van der Waals surface area contributed by atoms with Crippen LogP contribution in [0.3, 0.4) is 0 Å². The molecule has 3 N–H and O–H groups in total. The van der Waals surface area contributed by atoms with Crippen LogP contribution in [0.5, 0.6) is 0 Å². The zero-order chi connectivity index (χ0) is 62.9. The number of phosphoric ester groups is 2. The van der Waals surface area contributed by atoms with Gasteiger partial charge in [0.05, 0.1) is 26.4 Å². The normalized spacial score (nSPS) is 14.6. The first-order chi connectivity index (χ1) is 40.9. The van der Waals surface area contributed by atoms with E-state index in [2.05, 4.69) is 41.5 Å². The zero-order valence-electron chi connectivity index (χ0n) is 54.9. The molecule has 0 aromatic heterocycles. The molecule has 0 spiro atoms. The van der Waals surface area contributed by atoms with Gasteiger partial charge in [-0.1, -0.05) is 279 Å². The highest BCUT2D eigenvalue weighted by atomic mass is 31.2. The largest absolute Gasteiger partial charge is 0.472 e. The van der Waals surface area contributed by atoms with Gasteiger partial charge in [-0.05, 0) is 37.5 Å². The number of carbonyl (C=O) groups is 4. The number of hydrogen-bond donors (Lipinski definition) is 3. The van der Waals surface area contributed by atoms with Gasteiger partial charge in [-0.25, -0.2) is 9.13 Å². The van der Waals surface area contributed by atoms with Crippen LogP contribution in [0.4, 0.5) is 0 Å². The Morgan fingerprint density at radius 1 is 0.341 bits per heavy atom. The van der Waals surface area contributed by atoms with Crippen LogP contribution in [0.15, 0.2) is 0 Å². The van der Waals surface area contributed by atoms with Crippen molar-refractivity contribution in [2.24, 2.45) is 11.8 Å². The predicted octanol–water partition coefficient (Wildman–Crippen LogP) is 18.4. The molecule has 0 rings (SSSR count). The number of unbranched alkanes of at least 4 members (excludes halogenated alkanes) is 34. The average molecular weight is 1260 g/mol. The van der Waals surface area contributed by atoms with E-state index in [4.69, 9.17) is 37.0 Å². The maximum atomic E-state index is 13.0. The lowest BCUT2D eigenvalue weighted by Gasteiger charge is -2.21. The zero-order valence-corrected chi connectivity index (χ0v) is 56.7. The lowest BCUT2D eigenvalue weighted by atomic mass is 10.00. The van der Waals surface area contributed by atoms with Gasteiger partial charge in [0.2, 0.25) is 0 Å².